The van der Waals surface area contributed by atoms with Crippen molar-refractivity contribution in [3.8, 4) is 5.75 Å². The highest BCUT2D eigenvalue weighted by molar-refractivity contribution is 5.90. The lowest BCUT2D eigenvalue weighted by atomic mass is 9.86. The monoisotopic (exact) mass is 341 g/mol. The topological polar surface area (TPSA) is 59.6 Å². The van der Waals surface area contributed by atoms with Crippen molar-refractivity contribution in [2.24, 2.45) is 10.7 Å². The molecule has 1 heterocycles. The third-order valence-electron chi connectivity index (χ3n) is 4.53. The van der Waals surface area contributed by atoms with Gasteiger partial charge in [0, 0.05) is 12.5 Å². The van der Waals surface area contributed by atoms with E-state index < -0.39 is 12.6 Å². The van der Waals surface area contributed by atoms with Gasteiger partial charge in [-0.25, -0.2) is 4.99 Å². The van der Waals surface area contributed by atoms with Crippen molar-refractivity contribution in [1.82, 2.24) is 5.32 Å². The van der Waals surface area contributed by atoms with E-state index in [4.69, 9.17) is 10.5 Å². The zero-order valence-electron chi connectivity index (χ0n) is 13.6. The number of amidine groups is 1. The molecule has 0 spiro atoms. The molecule has 0 fully saturated rings. The smallest absolute Gasteiger partial charge is 0.389 e. The van der Waals surface area contributed by atoms with Gasteiger partial charge < -0.3 is 15.8 Å². The largest absolute Gasteiger partial charge is 0.481 e. The molecular weight excluding hydrogens is 319 g/mol. The fourth-order valence-electron chi connectivity index (χ4n) is 3.26. The minimum atomic E-state index is -4.09. The first kappa shape index (κ1) is 17.1. The Hall–Kier alpha value is -1.76. The highest BCUT2D eigenvalue weighted by atomic mass is 19.4. The van der Waals surface area contributed by atoms with Gasteiger partial charge in [0.1, 0.15) is 17.3 Å². The first-order chi connectivity index (χ1) is 11.3. The van der Waals surface area contributed by atoms with E-state index in [1.54, 1.807) is 0 Å². The second-order valence-corrected chi connectivity index (χ2v) is 6.43. The fourth-order valence-corrected chi connectivity index (χ4v) is 3.26. The highest BCUT2D eigenvalue weighted by Crippen LogP contribution is 2.40. The summed E-state index contributed by atoms with van der Waals surface area (Å²) in [5, 5.41) is 3.26. The summed E-state index contributed by atoms with van der Waals surface area (Å²) in [5.41, 5.74) is 8.82. The number of fused-ring (bicyclic) bond motifs is 2. The summed E-state index contributed by atoms with van der Waals surface area (Å²) in [6, 6.07) is 4.02. The van der Waals surface area contributed by atoms with Crippen LogP contribution in [0.4, 0.5) is 18.9 Å². The molecule has 1 aromatic carbocycles. The summed E-state index contributed by atoms with van der Waals surface area (Å²) in [6.07, 6.45) is -2.14. The number of benzene rings is 1. The van der Waals surface area contributed by atoms with Gasteiger partial charge in [-0.2, -0.15) is 13.2 Å². The van der Waals surface area contributed by atoms with Crippen LogP contribution in [0.15, 0.2) is 17.1 Å². The molecule has 0 saturated heterocycles. The second kappa shape index (κ2) is 6.63. The molecule has 2 atom stereocenters. The third-order valence-corrected chi connectivity index (χ3v) is 4.53. The molecule has 3 rings (SSSR count). The molecule has 132 valence electrons. The van der Waals surface area contributed by atoms with Crippen LogP contribution in [0, 0.1) is 0 Å². The zero-order chi connectivity index (χ0) is 17.3. The van der Waals surface area contributed by atoms with Crippen LogP contribution >= 0.6 is 0 Å². The summed E-state index contributed by atoms with van der Waals surface area (Å²) in [4.78, 5) is 4.39. The molecule has 0 bridgehead atoms. The minimum Gasteiger partial charge on any atom is -0.481 e. The Morgan fingerprint density at radius 3 is 2.92 bits per heavy atom. The van der Waals surface area contributed by atoms with E-state index in [1.807, 2.05) is 19.1 Å². The molecule has 1 aliphatic heterocycles. The lowest BCUT2D eigenvalue weighted by Crippen LogP contribution is -2.33. The van der Waals surface area contributed by atoms with Crippen molar-refractivity contribution in [2.45, 2.75) is 57.3 Å². The molecule has 1 aromatic rings. The Morgan fingerprint density at radius 2 is 2.17 bits per heavy atom. The number of hydrogen-bond acceptors (Lipinski definition) is 4. The van der Waals surface area contributed by atoms with Crippen molar-refractivity contribution in [2.75, 3.05) is 6.54 Å². The van der Waals surface area contributed by atoms with Crippen molar-refractivity contribution < 1.29 is 17.9 Å². The molecule has 0 radical (unpaired) electrons. The summed E-state index contributed by atoms with van der Waals surface area (Å²) in [6.45, 7) is 2.20. The number of nitrogens with two attached hydrogens (primary N) is 1. The number of aliphatic imine (C=N–C) groups is 1. The van der Waals surface area contributed by atoms with Crippen LogP contribution in [0.25, 0.3) is 0 Å². The maximum absolute atomic E-state index is 12.2. The lowest BCUT2D eigenvalue weighted by Gasteiger charge is -2.29. The van der Waals surface area contributed by atoms with Crippen molar-refractivity contribution in [3.63, 3.8) is 0 Å². The SMILES string of the molecule is C[C@@H]1Oc2cc3c(cc2N=C1N)[C@@H](NCCCC(F)(F)F)CCC3. The first-order valence-corrected chi connectivity index (χ1v) is 8.31. The molecule has 0 unspecified atom stereocenters. The molecule has 2 aliphatic rings. The van der Waals surface area contributed by atoms with Crippen LogP contribution in [0.1, 0.15) is 49.8 Å². The number of hydrogen-bond donors (Lipinski definition) is 2. The number of alkyl halides is 3. The fraction of sp³-hybridized carbons (Fsp3) is 0.588. The van der Waals surface area contributed by atoms with Gasteiger partial charge in [0.25, 0.3) is 0 Å². The van der Waals surface area contributed by atoms with Crippen LogP contribution in [-0.2, 0) is 6.42 Å². The van der Waals surface area contributed by atoms with E-state index in [0.29, 0.717) is 18.1 Å². The lowest BCUT2D eigenvalue weighted by molar-refractivity contribution is -0.135. The Balaban J connectivity index is 1.73. The Kier molecular flexibility index (Phi) is 4.71. The maximum atomic E-state index is 12.2. The molecule has 1 aliphatic carbocycles. The van der Waals surface area contributed by atoms with Gasteiger partial charge in [0.15, 0.2) is 6.10 Å². The molecule has 4 nitrogen and oxygen atoms in total. The number of aryl methyl sites for hydroxylation is 1. The Morgan fingerprint density at radius 1 is 1.38 bits per heavy atom. The Labute approximate surface area is 139 Å². The zero-order valence-corrected chi connectivity index (χ0v) is 13.6. The molecule has 0 amide bonds. The van der Waals surface area contributed by atoms with Crippen molar-refractivity contribution >= 4 is 11.5 Å². The van der Waals surface area contributed by atoms with Gasteiger partial charge >= 0.3 is 6.18 Å². The number of ether oxygens (including phenoxy) is 1. The molecule has 24 heavy (non-hydrogen) atoms. The van der Waals surface area contributed by atoms with Crippen molar-refractivity contribution in [3.05, 3.63) is 23.3 Å². The van der Waals surface area contributed by atoms with Gasteiger partial charge in [-0.15, -0.1) is 0 Å². The van der Waals surface area contributed by atoms with Crippen molar-refractivity contribution in [1.29, 1.82) is 0 Å². The quantitative estimate of drug-likeness (QED) is 0.820. The van der Waals surface area contributed by atoms with Gasteiger partial charge in [0.2, 0.25) is 0 Å². The van der Waals surface area contributed by atoms with Crippen LogP contribution in [0.2, 0.25) is 0 Å². The normalized spacial score (nSPS) is 23.1. The van der Waals surface area contributed by atoms with Gasteiger partial charge in [-0.1, -0.05) is 0 Å². The summed E-state index contributed by atoms with van der Waals surface area (Å²) < 4.78 is 42.5. The molecule has 0 aromatic heterocycles. The molecule has 7 heteroatoms. The summed E-state index contributed by atoms with van der Waals surface area (Å²) >= 11 is 0. The van der Waals surface area contributed by atoms with E-state index in [2.05, 4.69) is 10.3 Å². The van der Waals surface area contributed by atoms with Crippen LogP contribution < -0.4 is 15.8 Å². The number of rotatable bonds is 4. The summed E-state index contributed by atoms with van der Waals surface area (Å²) in [7, 11) is 0. The predicted molar refractivity (Wildman–Crippen MR) is 86.8 cm³/mol. The average Bonchev–Trinajstić information content (AvgIpc) is 2.50. The van der Waals surface area contributed by atoms with Gasteiger partial charge in [-0.05, 0) is 62.4 Å². The highest BCUT2D eigenvalue weighted by Gasteiger charge is 2.28. The third kappa shape index (κ3) is 3.83. The molecule has 3 N–H and O–H groups in total. The van der Waals surface area contributed by atoms with Crippen LogP contribution in [-0.4, -0.2) is 24.7 Å². The first-order valence-electron chi connectivity index (χ1n) is 8.31. The average molecular weight is 341 g/mol. The van der Waals surface area contributed by atoms with E-state index in [9.17, 15) is 13.2 Å². The van der Waals surface area contributed by atoms with Crippen LogP contribution in [0.3, 0.4) is 0 Å². The summed E-state index contributed by atoms with van der Waals surface area (Å²) in [5.74, 6) is 1.17. The molecule has 0 saturated carbocycles. The number of halogens is 3. The van der Waals surface area contributed by atoms with Gasteiger partial charge in [0.05, 0.1) is 0 Å². The standard InChI is InChI=1S/C17H22F3N3O/c1-10-16(21)23-14-9-12-11(8-15(14)24-10)4-2-5-13(12)22-7-3-6-17(18,19)20/h8-10,13,22H,2-7H2,1H3,(H2,21,23)/t10-,13-/m0/s1. The molecular formula is C17H22F3N3O. The van der Waals surface area contributed by atoms with Gasteiger partial charge in [-0.3, -0.25) is 0 Å². The predicted octanol–water partition coefficient (Wildman–Crippen LogP) is 3.77. The second-order valence-electron chi connectivity index (χ2n) is 6.43. The van der Waals surface area contributed by atoms with E-state index >= 15 is 0 Å². The van der Waals surface area contributed by atoms with E-state index in [1.165, 1.54) is 5.56 Å². The maximum Gasteiger partial charge on any atom is 0.389 e. The van der Waals surface area contributed by atoms with Crippen LogP contribution in [0.5, 0.6) is 5.75 Å². The van der Waals surface area contributed by atoms with E-state index in [-0.39, 0.29) is 18.6 Å². The van der Waals surface area contributed by atoms with E-state index in [0.717, 1.165) is 30.6 Å². The number of nitrogens with zero attached hydrogens (tertiary/aromatic N) is 1. The minimum absolute atomic E-state index is 0.0584. The Bertz CT molecular complexity index is 643. The number of nitrogens with one attached hydrogen (secondary N) is 1.